The molecule has 96 valence electrons. The van der Waals surface area contributed by atoms with E-state index < -0.39 is 0 Å². The Kier molecular flexibility index (Phi) is 3.76. The van der Waals surface area contributed by atoms with Crippen LogP contribution in [0.1, 0.15) is 19.3 Å². The summed E-state index contributed by atoms with van der Waals surface area (Å²) < 4.78 is 11.4. The molecule has 0 aliphatic carbocycles. The fourth-order valence-corrected chi connectivity index (χ4v) is 3.15. The van der Waals surface area contributed by atoms with Crippen molar-refractivity contribution < 1.29 is 4.74 Å². The summed E-state index contributed by atoms with van der Waals surface area (Å²) in [6.07, 6.45) is 4.05. The van der Waals surface area contributed by atoms with Crippen LogP contribution in [0, 0.1) is 0 Å². The number of nitrogens with zero attached hydrogens (tertiary/aromatic N) is 2. The highest BCUT2D eigenvalue weighted by Gasteiger charge is 2.11. The number of aromatic nitrogens is 1. The van der Waals surface area contributed by atoms with E-state index in [1.807, 2.05) is 12.1 Å². The van der Waals surface area contributed by atoms with Crippen molar-refractivity contribution in [2.45, 2.75) is 19.3 Å². The van der Waals surface area contributed by atoms with Gasteiger partial charge in [0.2, 0.25) is 5.88 Å². The molecule has 18 heavy (non-hydrogen) atoms. The van der Waals surface area contributed by atoms with Gasteiger partial charge in [0, 0.05) is 6.54 Å². The quantitative estimate of drug-likeness (QED) is 0.846. The van der Waals surface area contributed by atoms with Gasteiger partial charge in [0.1, 0.15) is 6.61 Å². The largest absolute Gasteiger partial charge is 0.475 e. The number of hydrogen-bond donors (Lipinski definition) is 0. The first-order chi connectivity index (χ1) is 8.93. The number of rotatable bonds is 4. The summed E-state index contributed by atoms with van der Waals surface area (Å²) >= 11 is 1.51. The van der Waals surface area contributed by atoms with Crippen molar-refractivity contribution in [2.24, 2.45) is 0 Å². The molecule has 0 saturated carbocycles. The summed E-state index contributed by atoms with van der Waals surface area (Å²) in [4.78, 5) is 2.48. The SMILES string of the molecule is c1ccc2c(OCCN3CCCCC3)nsc2c1. The molecule has 1 fully saturated rings. The minimum atomic E-state index is 0.744. The van der Waals surface area contributed by atoms with Crippen molar-refractivity contribution in [1.82, 2.24) is 9.27 Å². The standard InChI is InChI=1S/C14H18N2OS/c1-4-8-16(9-5-1)10-11-17-14-12-6-2-3-7-13(12)18-15-14/h2-3,6-7H,1,4-5,8-11H2. The van der Waals surface area contributed by atoms with E-state index in [9.17, 15) is 0 Å². The highest BCUT2D eigenvalue weighted by Crippen LogP contribution is 2.27. The van der Waals surface area contributed by atoms with Gasteiger partial charge in [-0.25, -0.2) is 0 Å². The Bertz CT molecular complexity index is 505. The second-order valence-corrected chi connectivity index (χ2v) is 5.54. The number of benzene rings is 1. The molecule has 1 aromatic carbocycles. The van der Waals surface area contributed by atoms with E-state index in [1.165, 1.54) is 48.6 Å². The zero-order valence-electron chi connectivity index (χ0n) is 10.5. The van der Waals surface area contributed by atoms with E-state index in [0.29, 0.717) is 0 Å². The lowest BCUT2D eigenvalue weighted by Crippen LogP contribution is -2.33. The molecular formula is C14H18N2OS. The first kappa shape index (κ1) is 11.9. The number of likely N-dealkylation sites (tertiary alicyclic amines) is 1. The highest BCUT2D eigenvalue weighted by molar-refractivity contribution is 7.13. The van der Waals surface area contributed by atoms with Crippen molar-refractivity contribution in [1.29, 1.82) is 0 Å². The molecule has 0 amide bonds. The van der Waals surface area contributed by atoms with Gasteiger partial charge in [-0.1, -0.05) is 18.6 Å². The fraction of sp³-hybridized carbons (Fsp3) is 0.500. The van der Waals surface area contributed by atoms with Gasteiger partial charge < -0.3 is 4.74 Å². The predicted molar refractivity (Wildman–Crippen MR) is 75.4 cm³/mol. The average Bonchev–Trinajstić information content (AvgIpc) is 2.84. The van der Waals surface area contributed by atoms with Crippen LogP contribution >= 0.6 is 11.5 Å². The van der Waals surface area contributed by atoms with E-state index in [4.69, 9.17) is 4.74 Å². The molecule has 1 aliphatic rings. The number of fused-ring (bicyclic) bond motifs is 1. The molecule has 0 atom stereocenters. The Labute approximate surface area is 112 Å². The molecule has 0 bridgehead atoms. The van der Waals surface area contributed by atoms with Crippen LogP contribution in [0.25, 0.3) is 10.1 Å². The van der Waals surface area contributed by atoms with Crippen LogP contribution in [-0.4, -0.2) is 35.5 Å². The van der Waals surface area contributed by atoms with Crippen molar-refractivity contribution in [3.05, 3.63) is 24.3 Å². The molecule has 1 aromatic heterocycles. The van der Waals surface area contributed by atoms with Crippen molar-refractivity contribution in [2.75, 3.05) is 26.2 Å². The van der Waals surface area contributed by atoms with Crippen LogP contribution < -0.4 is 4.74 Å². The van der Waals surface area contributed by atoms with Gasteiger partial charge in [-0.2, -0.15) is 4.37 Å². The zero-order chi connectivity index (χ0) is 12.2. The minimum Gasteiger partial charge on any atom is -0.475 e. The van der Waals surface area contributed by atoms with E-state index in [1.54, 1.807) is 0 Å². The molecule has 1 aliphatic heterocycles. The van der Waals surface area contributed by atoms with Gasteiger partial charge in [0.15, 0.2) is 0 Å². The van der Waals surface area contributed by atoms with Crippen LogP contribution in [0.4, 0.5) is 0 Å². The van der Waals surface area contributed by atoms with E-state index in [-0.39, 0.29) is 0 Å². The molecule has 0 unspecified atom stereocenters. The molecule has 3 nitrogen and oxygen atoms in total. The molecule has 0 radical (unpaired) electrons. The third-order valence-corrected chi connectivity index (χ3v) is 4.25. The Hall–Kier alpha value is -1.13. The van der Waals surface area contributed by atoms with Crippen molar-refractivity contribution in [3.63, 3.8) is 0 Å². The van der Waals surface area contributed by atoms with Gasteiger partial charge in [0.05, 0.1) is 10.1 Å². The summed E-state index contributed by atoms with van der Waals surface area (Å²) in [5.74, 6) is 0.799. The highest BCUT2D eigenvalue weighted by atomic mass is 32.1. The second kappa shape index (κ2) is 5.67. The third-order valence-electron chi connectivity index (χ3n) is 3.44. The van der Waals surface area contributed by atoms with Gasteiger partial charge >= 0.3 is 0 Å². The predicted octanol–water partition coefficient (Wildman–Crippen LogP) is 3.16. The van der Waals surface area contributed by atoms with Gasteiger partial charge in [-0.3, -0.25) is 4.90 Å². The Morgan fingerprint density at radius 1 is 1.17 bits per heavy atom. The van der Waals surface area contributed by atoms with E-state index in [0.717, 1.165) is 24.4 Å². The average molecular weight is 262 g/mol. The van der Waals surface area contributed by atoms with Crippen LogP contribution in [0.5, 0.6) is 5.88 Å². The molecular weight excluding hydrogens is 244 g/mol. The lowest BCUT2D eigenvalue weighted by atomic mass is 10.1. The fourth-order valence-electron chi connectivity index (χ4n) is 2.42. The Balaban J connectivity index is 1.56. The first-order valence-corrected chi connectivity index (χ1v) is 7.40. The van der Waals surface area contributed by atoms with Crippen LogP contribution in [0.2, 0.25) is 0 Å². The summed E-state index contributed by atoms with van der Waals surface area (Å²) in [5, 5.41) is 1.14. The molecule has 4 heteroatoms. The number of ether oxygens (including phenoxy) is 1. The normalized spacial score (nSPS) is 17.1. The molecule has 2 aromatic rings. The minimum absolute atomic E-state index is 0.744. The Morgan fingerprint density at radius 3 is 2.89 bits per heavy atom. The Morgan fingerprint density at radius 2 is 2.00 bits per heavy atom. The number of piperidine rings is 1. The summed E-state index contributed by atoms with van der Waals surface area (Å²) in [5.41, 5.74) is 0. The molecule has 3 rings (SSSR count). The van der Waals surface area contributed by atoms with E-state index >= 15 is 0 Å². The molecule has 0 spiro atoms. The van der Waals surface area contributed by atoms with Gasteiger partial charge in [0.25, 0.3) is 0 Å². The smallest absolute Gasteiger partial charge is 0.233 e. The lowest BCUT2D eigenvalue weighted by Gasteiger charge is -2.25. The van der Waals surface area contributed by atoms with Gasteiger partial charge in [-0.05, 0) is 49.6 Å². The topological polar surface area (TPSA) is 25.4 Å². The third kappa shape index (κ3) is 2.65. The second-order valence-electron chi connectivity index (χ2n) is 4.73. The molecule has 2 heterocycles. The number of hydrogen-bond acceptors (Lipinski definition) is 4. The van der Waals surface area contributed by atoms with Crippen molar-refractivity contribution >= 4 is 21.6 Å². The summed E-state index contributed by atoms with van der Waals surface area (Å²) in [6.45, 7) is 4.21. The summed E-state index contributed by atoms with van der Waals surface area (Å²) in [6, 6.07) is 8.24. The van der Waals surface area contributed by atoms with Crippen LogP contribution in [-0.2, 0) is 0 Å². The maximum atomic E-state index is 5.82. The van der Waals surface area contributed by atoms with E-state index in [2.05, 4.69) is 21.4 Å². The van der Waals surface area contributed by atoms with Crippen molar-refractivity contribution in [3.8, 4) is 5.88 Å². The monoisotopic (exact) mass is 262 g/mol. The zero-order valence-corrected chi connectivity index (χ0v) is 11.3. The molecule has 1 saturated heterocycles. The summed E-state index contributed by atoms with van der Waals surface area (Å²) in [7, 11) is 0. The molecule has 0 N–H and O–H groups in total. The van der Waals surface area contributed by atoms with Gasteiger partial charge in [-0.15, -0.1) is 0 Å². The first-order valence-electron chi connectivity index (χ1n) is 6.63. The van der Waals surface area contributed by atoms with Crippen LogP contribution in [0.3, 0.4) is 0 Å². The maximum absolute atomic E-state index is 5.82. The van der Waals surface area contributed by atoms with Crippen LogP contribution in [0.15, 0.2) is 24.3 Å². The maximum Gasteiger partial charge on any atom is 0.233 e. The lowest BCUT2D eigenvalue weighted by molar-refractivity contribution is 0.182.